The van der Waals surface area contributed by atoms with Crippen molar-refractivity contribution in [3.8, 4) is 11.3 Å². The fourth-order valence-electron chi connectivity index (χ4n) is 1.78. The summed E-state index contributed by atoms with van der Waals surface area (Å²) in [4.78, 5) is 8.91. The SMILES string of the molecule is Clc1ccc(-c2cnc3ccccc3n2)c(Cl)c1. The van der Waals surface area contributed by atoms with Crippen LogP contribution in [0.4, 0.5) is 0 Å². The molecule has 4 heteroatoms. The highest BCUT2D eigenvalue weighted by molar-refractivity contribution is 6.36. The summed E-state index contributed by atoms with van der Waals surface area (Å²) in [6.07, 6.45) is 1.72. The maximum atomic E-state index is 6.16. The van der Waals surface area contributed by atoms with Gasteiger partial charge in [-0.3, -0.25) is 4.98 Å². The van der Waals surface area contributed by atoms with Crippen LogP contribution in [-0.2, 0) is 0 Å². The molecule has 3 aromatic rings. The standard InChI is InChI=1S/C14H8Cl2N2/c15-9-5-6-10(11(16)7-9)14-8-17-12-3-1-2-4-13(12)18-14/h1-8H. The number of nitrogens with zero attached hydrogens (tertiary/aromatic N) is 2. The highest BCUT2D eigenvalue weighted by Crippen LogP contribution is 2.29. The van der Waals surface area contributed by atoms with E-state index in [1.807, 2.05) is 30.3 Å². The van der Waals surface area contributed by atoms with Gasteiger partial charge >= 0.3 is 0 Å². The van der Waals surface area contributed by atoms with Crippen molar-refractivity contribution in [2.75, 3.05) is 0 Å². The summed E-state index contributed by atoms with van der Waals surface area (Å²) in [6.45, 7) is 0. The second kappa shape index (κ2) is 4.56. The summed E-state index contributed by atoms with van der Waals surface area (Å²) in [5.74, 6) is 0. The molecule has 0 atom stereocenters. The van der Waals surface area contributed by atoms with E-state index in [1.54, 1.807) is 18.3 Å². The Morgan fingerprint density at radius 3 is 2.44 bits per heavy atom. The third-order valence-electron chi connectivity index (χ3n) is 2.66. The van der Waals surface area contributed by atoms with Gasteiger partial charge in [0, 0.05) is 10.6 Å². The predicted molar refractivity (Wildman–Crippen MR) is 75.0 cm³/mol. The van der Waals surface area contributed by atoms with E-state index in [1.165, 1.54) is 0 Å². The lowest BCUT2D eigenvalue weighted by atomic mass is 10.1. The van der Waals surface area contributed by atoms with E-state index in [0.717, 1.165) is 22.3 Å². The Bertz CT molecular complexity index is 726. The first-order valence-electron chi connectivity index (χ1n) is 5.41. The average molecular weight is 275 g/mol. The molecule has 3 rings (SSSR count). The zero-order valence-corrected chi connectivity index (χ0v) is 10.8. The number of rotatable bonds is 1. The third kappa shape index (κ3) is 2.05. The van der Waals surface area contributed by atoms with Gasteiger partial charge in [-0.2, -0.15) is 0 Å². The number of hydrogen-bond donors (Lipinski definition) is 0. The average Bonchev–Trinajstić information content (AvgIpc) is 2.38. The van der Waals surface area contributed by atoms with Gasteiger partial charge in [-0.1, -0.05) is 35.3 Å². The van der Waals surface area contributed by atoms with Crippen molar-refractivity contribution in [3.63, 3.8) is 0 Å². The Morgan fingerprint density at radius 1 is 0.889 bits per heavy atom. The molecule has 0 spiro atoms. The number of hydrogen-bond acceptors (Lipinski definition) is 2. The number of fused-ring (bicyclic) bond motifs is 1. The molecular weight excluding hydrogens is 267 g/mol. The molecule has 0 aliphatic rings. The van der Waals surface area contributed by atoms with Crippen molar-refractivity contribution in [3.05, 3.63) is 58.7 Å². The van der Waals surface area contributed by atoms with Crippen LogP contribution in [0.2, 0.25) is 10.0 Å². The van der Waals surface area contributed by atoms with Crippen LogP contribution >= 0.6 is 23.2 Å². The largest absolute Gasteiger partial charge is 0.252 e. The van der Waals surface area contributed by atoms with E-state index in [9.17, 15) is 0 Å². The van der Waals surface area contributed by atoms with Crippen LogP contribution in [0.5, 0.6) is 0 Å². The molecule has 0 aliphatic heterocycles. The molecule has 2 aromatic carbocycles. The topological polar surface area (TPSA) is 25.8 Å². The summed E-state index contributed by atoms with van der Waals surface area (Å²) in [5.41, 5.74) is 3.29. The minimum Gasteiger partial charge on any atom is -0.252 e. The van der Waals surface area contributed by atoms with E-state index in [0.29, 0.717) is 10.0 Å². The molecule has 1 aromatic heterocycles. The first-order valence-corrected chi connectivity index (χ1v) is 6.17. The van der Waals surface area contributed by atoms with Crippen LogP contribution in [0, 0.1) is 0 Å². The third-order valence-corrected chi connectivity index (χ3v) is 3.20. The van der Waals surface area contributed by atoms with E-state index < -0.39 is 0 Å². The molecule has 0 unspecified atom stereocenters. The van der Waals surface area contributed by atoms with Crippen molar-refractivity contribution >= 4 is 34.2 Å². The normalized spacial score (nSPS) is 10.8. The monoisotopic (exact) mass is 274 g/mol. The number of halogens is 2. The lowest BCUT2D eigenvalue weighted by molar-refractivity contribution is 1.29. The van der Waals surface area contributed by atoms with Gasteiger partial charge in [-0.05, 0) is 30.3 Å². The molecule has 0 amide bonds. The fourth-order valence-corrected chi connectivity index (χ4v) is 2.29. The second-order valence-electron chi connectivity index (χ2n) is 3.87. The zero-order chi connectivity index (χ0) is 12.5. The van der Waals surface area contributed by atoms with Gasteiger partial charge in [0.25, 0.3) is 0 Å². The van der Waals surface area contributed by atoms with Gasteiger partial charge in [0.1, 0.15) is 0 Å². The van der Waals surface area contributed by atoms with Crippen molar-refractivity contribution in [1.29, 1.82) is 0 Å². The minimum atomic E-state index is 0.576. The van der Waals surface area contributed by atoms with Crippen molar-refractivity contribution in [2.24, 2.45) is 0 Å². The minimum absolute atomic E-state index is 0.576. The molecular formula is C14H8Cl2N2. The summed E-state index contributed by atoms with van der Waals surface area (Å²) in [5, 5.41) is 1.18. The van der Waals surface area contributed by atoms with Crippen LogP contribution in [0.25, 0.3) is 22.3 Å². The first kappa shape index (κ1) is 11.5. The Balaban J connectivity index is 2.19. The highest BCUT2D eigenvalue weighted by atomic mass is 35.5. The maximum absolute atomic E-state index is 6.16. The lowest BCUT2D eigenvalue weighted by Gasteiger charge is -2.05. The molecule has 0 saturated carbocycles. The molecule has 0 saturated heterocycles. The van der Waals surface area contributed by atoms with Gasteiger partial charge < -0.3 is 0 Å². The van der Waals surface area contributed by atoms with Crippen LogP contribution in [0.3, 0.4) is 0 Å². The van der Waals surface area contributed by atoms with Gasteiger partial charge in [0.15, 0.2) is 0 Å². The zero-order valence-electron chi connectivity index (χ0n) is 9.27. The van der Waals surface area contributed by atoms with Crippen LogP contribution in [0.1, 0.15) is 0 Å². The number of benzene rings is 2. The smallest absolute Gasteiger partial charge is 0.0908 e. The predicted octanol–water partition coefficient (Wildman–Crippen LogP) is 4.60. The molecule has 0 radical (unpaired) electrons. The van der Waals surface area contributed by atoms with Gasteiger partial charge in [-0.25, -0.2) is 4.98 Å². The van der Waals surface area contributed by atoms with Gasteiger partial charge in [0.2, 0.25) is 0 Å². The van der Waals surface area contributed by atoms with Crippen LogP contribution < -0.4 is 0 Å². The summed E-state index contributed by atoms with van der Waals surface area (Å²) in [6, 6.07) is 13.1. The Hall–Kier alpha value is -1.64. The summed E-state index contributed by atoms with van der Waals surface area (Å²) >= 11 is 12.0. The Labute approximate surface area is 114 Å². The molecule has 1 heterocycles. The Morgan fingerprint density at radius 2 is 1.67 bits per heavy atom. The molecule has 0 fully saturated rings. The van der Waals surface area contributed by atoms with Gasteiger partial charge in [-0.15, -0.1) is 0 Å². The molecule has 0 N–H and O–H groups in total. The number of para-hydroxylation sites is 2. The first-order chi connectivity index (χ1) is 8.74. The summed E-state index contributed by atoms with van der Waals surface area (Å²) < 4.78 is 0. The molecule has 88 valence electrons. The molecule has 18 heavy (non-hydrogen) atoms. The Kier molecular flexibility index (Phi) is 2.90. The second-order valence-corrected chi connectivity index (χ2v) is 4.71. The van der Waals surface area contributed by atoms with Crippen LogP contribution in [0.15, 0.2) is 48.7 Å². The van der Waals surface area contributed by atoms with Crippen molar-refractivity contribution < 1.29 is 0 Å². The fraction of sp³-hybridized carbons (Fsp3) is 0. The molecule has 0 bridgehead atoms. The van der Waals surface area contributed by atoms with Crippen molar-refractivity contribution in [1.82, 2.24) is 9.97 Å². The quantitative estimate of drug-likeness (QED) is 0.648. The number of aromatic nitrogens is 2. The lowest BCUT2D eigenvalue weighted by Crippen LogP contribution is -1.89. The van der Waals surface area contributed by atoms with E-state index >= 15 is 0 Å². The van der Waals surface area contributed by atoms with Crippen molar-refractivity contribution in [2.45, 2.75) is 0 Å². The van der Waals surface area contributed by atoms with E-state index in [4.69, 9.17) is 23.2 Å². The summed E-state index contributed by atoms with van der Waals surface area (Å²) in [7, 11) is 0. The highest BCUT2D eigenvalue weighted by Gasteiger charge is 2.07. The molecule has 0 aliphatic carbocycles. The van der Waals surface area contributed by atoms with E-state index in [-0.39, 0.29) is 0 Å². The van der Waals surface area contributed by atoms with Gasteiger partial charge in [0.05, 0.1) is 27.9 Å². The maximum Gasteiger partial charge on any atom is 0.0908 e. The van der Waals surface area contributed by atoms with Crippen LogP contribution in [-0.4, -0.2) is 9.97 Å². The van der Waals surface area contributed by atoms with E-state index in [2.05, 4.69) is 9.97 Å². The molecule has 2 nitrogen and oxygen atoms in total.